The summed E-state index contributed by atoms with van der Waals surface area (Å²) in [6.45, 7) is 7.17. The van der Waals surface area contributed by atoms with Crippen molar-refractivity contribution in [2.24, 2.45) is 5.73 Å². The lowest BCUT2D eigenvalue weighted by Gasteiger charge is -2.06. The molecule has 2 aromatic heterocycles. The third-order valence-corrected chi connectivity index (χ3v) is 3.50. The van der Waals surface area contributed by atoms with Gasteiger partial charge in [0, 0.05) is 23.2 Å². The highest BCUT2D eigenvalue weighted by Gasteiger charge is 2.14. The molecule has 0 radical (unpaired) electrons. The number of thiazole rings is 1. The first-order valence-electron chi connectivity index (χ1n) is 5.30. The van der Waals surface area contributed by atoms with E-state index >= 15 is 0 Å². The molecule has 0 aliphatic rings. The minimum atomic E-state index is 0.531. The van der Waals surface area contributed by atoms with Crippen LogP contribution in [0.15, 0.2) is 5.38 Å². The Morgan fingerprint density at radius 1 is 1.53 bits per heavy atom. The summed E-state index contributed by atoms with van der Waals surface area (Å²) in [5.74, 6) is 0.531. The van der Waals surface area contributed by atoms with Gasteiger partial charge < -0.3 is 5.73 Å². The van der Waals surface area contributed by atoms with E-state index in [4.69, 9.17) is 5.73 Å². The molecule has 0 fully saturated rings. The van der Waals surface area contributed by atoms with Crippen LogP contribution in [0.3, 0.4) is 0 Å². The van der Waals surface area contributed by atoms with E-state index in [0.29, 0.717) is 12.5 Å². The van der Waals surface area contributed by atoms with Gasteiger partial charge in [-0.2, -0.15) is 0 Å². The lowest BCUT2D eigenvalue weighted by Crippen LogP contribution is -2.07. The van der Waals surface area contributed by atoms with Crippen molar-refractivity contribution in [3.8, 4) is 0 Å². The zero-order valence-corrected chi connectivity index (χ0v) is 10.3. The van der Waals surface area contributed by atoms with Gasteiger partial charge in [0.05, 0.1) is 5.69 Å². The molecule has 0 spiro atoms. The molecular weight excluding hydrogens is 206 g/mol. The molecule has 15 heavy (non-hydrogen) atoms. The summed E-state index contributed by atoms with van der Waals surface area (Å²) >= 11 is 1.71. The van der Waals surface area contributed by atoms with Gasteiger partial charge in [-0.05, 0) is 19.4 Å². The fourth-order valence-electron chi connectivity index (χ4n) is 1.87. The molecule has 0 saturated carbocycles. The molecule has 3 nitrogen and oxygen atoms in total. The molecule has 2 N–H and O–H groups in total. The fraction of sp³-hybridized carbons (Fsp3) is 0.545. The van der Waals surface area contributed by atoms with Crippen LogP contribution in [0.2, 0.25) is 0 Å². The molecule has 0 saturated heterocycles. The number of fused-ring (bicyclic) bond motifs is 1. The lowest BCUT2D eigenvalue weighted by atomic mass is 10.1. The smallest absolute Gasteiger partial charge is 0.194 e. The normalized spacial score (nSPS) is 11.8. The molecule has 4 heteroatoms. The van der Waals surface area contributed by atoms with E-state index in [-0.39, 0.29) is 0 Å². The van der Waals surface area contributed by atoms with Crippen LogP contribution in [0.1, 0.15) is 36.8 Å². The quantitative estimate of drug-likeness (QED) is 0.868. The highest BCUT2D eigenvalue weighted by Crippen LogP contribution is 2.26. The molecule has 0 aliphatic heterocycles. The molecule has 0 unspecified atom stereocenters. The predicted octanol–water partition coefficient (Wildman–Crippen LogP) is 2.33. The Balaban J connectivity index is 2.64. The Bertz CT molecular complexity index is 467. The van der Waals surface area contributed by atoms with Gasteiger partial charge in [0.1, 0.15) is 0 Å². The third-order valence-electron chi connectivity index (χ3n) is 2.66. The highest BCUT2D eigenvalue weighted by molar-refractivity contribution is 7.15. The van der Waals surface area contributed by atoms with E-state index in [9.17, 15) is 0 Å². The Morgan fingerprint density at radius 2 is 2.27 bits per heavy atom. The molecule has 0 aromatic carbocycles. The van der Waals surface area contributed by atoms with Crippen LogP contribution in [-0.2, 0) is 6.42 Å². The van der Waals surface area contributed by atoms with Crippen molar-refractivity contribution < 1.29 is 0 Å². The van der Waals surface area contributed by atoms with Gasteiger partial charge in [-0.3, -0.25) is 4.40 Å². The van der Waals surface area contributed by atoms with Gasteiger partial charge in [-0.15, -0.1) is 11.3 Å². The Kier molecular flexibility index (Phi) is 2.80. The Morgan fingerprint density at radius 3 is 2.87 bits per heavy atom. The van der Waals surface area contributed by atoms with Crippen LogP contribution in [0.4, 0.5) is 0 Å². The van der Waals surface area contributed by atoms with E-state index in [1.807, 2.05) is 0 Å². The SMILES string of the molecule is Cc1nc2scc(C(C)C)n2c1CCN. The van der Waals surface area contributed by atoms with Crippen molar-refractivity contribution in [3.63, 3.8) is 0 Å². The lowest BCUT2D eigenvalue weighted by molar-refractivity contribution is 0.782. The largest absolute Gasteiger partial charge is 0.330 e. The highest BCUT2D eigenvalue weighted by atomic mass is 32.1. The van der Waals surface area contributed by atoms with Crippen LogP contribution < -0.4 is 5.73 Å². The molecule has 0 aliphatic carbocycles. The molecule has 0 bridgehead atoms. The summed E-state index contributed by atoms with van der Waals surface area (Å²) in [7, 11) is 0. The van der Waals surface area contributed by atoms with Gasteiger partial charge in [0.15, 0.2) is 4.96 Å². The summed E-state index contributed by atoms with van der Waals surface area (Å²) in [6, 6.07) is 0. The molecule has 0 amide bonds. The number of aryl methyl sites for hydroxylation is 1. The average molecular weight is 223 g/mol. The number of nitrogens with two attached hydrogens (primary N) is 1. The van der Waals surface area contributed by atoms with Crippen molar-refractivity contribution in [1.29, 1.82) is 0 Å². The number of hydrogen-bond donors (Lipinski definition) is 1. The number of nitrogens with zero attached hydrogens (tertiary/aromatic N) is 2. The summed E-state index contributed by atoms with van der Waals surface area (Å²) in [5.41, 5.74) is 9.38. The summed E-state index contributed by atoms with van der Waals surface area (Å²) in [5, 5.41) is 2.20. The maximum absolute atomic E-state index is 5.64. The first kappa shape index (κ1) is 10.6. The number of aromatic nitrogens is 2. The van der Waals surface area contributed by atoms with Crippen molar-refractivity contribution in [1.82, 2.24) is 9.38 Å². The van der Waals surface area contributed by atoms with Crippen molar-refractivity contribution in [2.75, 3.05) is 6.54 Å². The van der Waals surface area contributed by atoms with Crippen molar-refractivity contribution in [2.45, 2.75) is 33.1 Å². The van der Waals surface area contributed by atoms with Gasteiger partial charge in [0.25, 0.3) is 0 Å². The van der Waals surface area contributed by atoms with Gasteiger partial charge in [0.2, 0.25) is 0 Å². The maximum Gasteiger partial charge on any atom is 0.194 e. The van der Waals surface area contributed by atoms with E-state index in [1.54, 1.807) is 11.3 Å². The van der Waals surface area contributed by atoms with E-state index in [1.165, 1.54) is 11.4 Å². The molecular formula is C11H17N3S. The first-order chi connectivity index (χ1) is 7.15. The summed E-state index contributed by atoms with van der Waals surface area (Å²) in [6.07, 6.45) is 0.906. The third kappa shape index (κ3) is 1.68. The first-order valence-corrected chi connectivity index (χ1v) is 6.18. The second kappa shape index (κ2) is 3.94. The molecule has 2 aromatic rings. The summed E-state index contributed by atoms with van der Waals surface area (Å²) in [4.78, 5) is 5.66. The van der Waals surface area contributed by atoms with E-state index in [0.717, 1.165) is 17.1 Å². The van der Waals surface area contributed by atoms with Gasteiger partial charge >= 0.3 is 0 Å². The minimum Gasteiger partial charge on any atom is -0.330 e. The van der Waals surface area contributed by atoms with Gasteiger partial charge in [-0.25, -0.2) is 4.98 Å². The van der Waals surface area contributed by atoms with E-state index in [2.05, 4.69) is 35.5 Å². The van der Waals surface area contributed by atoms with Crippen molar-refractivity contribution >= 4 is 16.3 Å². The van der Waals surface area contributed by atoms with Crippen LogP contribution in [-0.4, -0.2) is 15.9 Å². The fourth-order valence-corrected chi connectivity index (χ4v) is 2.98. The monoisotopic (exact) mass is 223 g/mol. The zero-order valence-electron chi connectivity index (χ0n) is 9.45. The number of rotatable bonds is 3. The predicted molar refractivity (Wildman–Crippen MR) is 64.7 cm³/mol. The molecule has 82 valence electrons. The Hall–Kier alpha value is -0.870. The van der Waals surface area contributed by atoms with Crippen LogP contribution in [0.5, 0.6) is 0 Å². The van der Waals surface area contributed by atoms with Crippen LogP contribution in [0, 0.1) is 6.92 Å². The van der Waals surface area contributed by atoms with E-state index < -0.39 is 0 Å². The average Bonchev–Trinajstić information content (AvgIpc) is 2.68. The standard InChI is InChI=1S/C11H17N3S/c1-7(2)10-6-15-11-13-8(3)9(4-5-12)14(10)11/h6-7H,4-5,12H2,1-3H3. The molecule has 2 rings (SSSR count). The van der Waals surface area contributed by atoms with Crippen molar-refractivity contribution in [3.05, 3.63) is 22.5 Å². The van der Waals surface area contributed by atoms with Gasteiger partial charge in [-0.1, -0.05) is 13.8 Å². The van der Waals surface area contributed by atoms with Crippen LogP contribution >= 0.6 is 11.3 Å². The Labute approximate surface area is 93.9 Å². The molecule has 0 atom stereocenters. The second-order valence-electron chi connectivity index (χ2n) is 4.12. The number of hydrogen-bond acceptors (Lipinski definition) is 3. The minimum absolute atomic E-state index is 0.531. The zero-order chi connectivity index (χ0) is 11.0. The summed E-state index contributed by atoms with van der Waals surface area (Å²) < 4.78 is 2.28. The maximum atomic E-state index is 5.64. The van der Waals surface area contributed by atoms with Crippen LogP contribution in [0.25, 0.3) is 4.96 Å². The molecule has 2 heterocycles. The second-order valence-corrected chi connectivity index (χ2v) is 4.95. The number of imidazole rings is 1. The topological polar surface area (TPSA) is 43.3 Å².